The number of furan rings is 1. The second kappa shape index (κ2) is 8.28. The third-order valence-corrected chi connectivity index (χ3v) is 6.14. The van der Waals surface area contributed by atoms with Gasteiger partial charge in [-0.1, -0.05) is 47.2 Å². The number of anilines is 1. The summed E-state index contributed by atoms with van der Waals surface area (Å²) in [6, 6.07) is 14.5. The summed E-state index contributed by atoms with van der Waals surface area (Å²) in [5.74, 6) is -0.525. The average Bonchev–Trinajstić information content (AvgIpc) is 3.27. The fourth-order valence-electron chi connectivity index (χ4n) is 2.83. The SMILES string of the molecule is O=C(O)c1ccc(Cl)c(-c2ccc(/C=C3/SC(=S)N(c4ccc(Cl)cc4)C3=O)o2)c1. The predicted molar refractivity (Wildman–Crippen MR) is 123 cm³/mol. The molecule has 1 amide bonds. The topological polar surface area (TPSA) is 70.8 Å². The molecule has 5 nitrogen and oxygen atoms in total. The lowest BCUT2D eigenvalue weighted by Crippen LogP contribution is -2.27. The van der Waals surface area contributed by atoms with Gasteiger partial charge in [0.05, 0.1) is 21.2 Å². The molecule has 2 aromatic carbocycles. The molecule has 3 aromatic rings. The van der Waals surface area contributed by atoms with Gasteiger partial charge in [-0.15, -0.1) is 0 Å². The maximum atomic E-state index is 12.8. The molecule has 0 saturated carbocycles. The van der Waals surface area contributed by atoms with Crippen molar-refractivity contribution in [3.05, 3.63) is 80.9 Å². The highest BCUT2D eigenvalue weighted by atomic mass is 35.5. The minimum atomic E-state index is -1.06. The number of nitrogens with zero attached hydrogens (tertiary/aromatic N) is 1. The number of hydrogen-bond acceptors (Lipinski definition) is 5. The van der Waals surface area contributed by atoms with Crippen molar-refractivity contribution >= 4 is 75.1 Å². The average molecular weight is 476 g/mol. The van der Waals surface area contributed by atoms with E-state index in [0.717, 1.165) is 11.8 Å². The Morgan fingerprint density at radius 1 is 1.10 bits per heavy atom. The molecule has 1 aliphatic rings. The first-order valence-electron chi connectivity index (χ1n) is 8.50. The van der Waals surface area contributed by atoms with E-state index in [1.807, 2.05) is 0 Å². The van der Waals surface area contributed by atoms with Gasteiger partial charge in [-0.3, -0.25) is 9.69 Å². The third-order valence-electron chi connectivity index (χ3n) is 4.26. The Bertz CT molecular complexity index is 1220. The monoisotopic (exact) mass is 475 g/mol. The summed E-state index contributed by atoms with van der Waals surface area (Å²) in [6.07, 6.45) is 1.59. The Morgan fingerprint density at radius 2 is 1.83 bits per heavy atom. The van der Waals surface area contributed by atoms with Crippen LogP contribution in [0.1, 0.15) is 16.1 Å². The van der Waals surface area contributed by atoms with E-state index in [1.54, 1.807) is 42.5 Å². The van der Waals surface area contributed by atoms with Gasteiger partial charge in [0.15, 0.2) is 4.32 Å². The smallest absolute Gasteiger partial charge is 0.335 e. The van der Waals surface area contributed by atoms with E-state index in [1.165, 1.54) is 23.1 Å². The number of carbonyl (C=O) groups is 2. The summed E-state index contributed by atoms with van der Waals surface area (Å²) >= 11 is 18.6. The van der Waals surface area contributed by atoms with Gasteiger partial charge in [-0.25, -0.2) is 4.79 Å². The van der Waals surface area contributed by atoms with Crippen molar-refractivity contribution in [1.82, 2.24) is 0 Å². The summed E-state index contributed by atoms with van der Waals surface area (Å²) in [4.78, 5) is 25.9. The fraction of sp³-hybridized carbons (Fsp3) is 0. The zero-order valence-electron chi connectivity index (χ0n) is 15.0. The molecule has 0 bridgehead atoms. The van der Waals surface area contributed by atoms with Crippen molar-refractivity contribution in [1.29, 1.82) is 0 Å². The largest absolute Gasteiger partial charge is 0.478 e. The predicted octanol–water partition coefficient (Wildman–Crippen LogP) is 6.36. The number of thiocarbonyl (C=S) groups is 1. The highest BCUT2D eigenvalue weighted by Crippen LogP contribution is 2.37. The molecule has 0 aliphatic carbocycles. The molecule has 1 saturated heterocycles. The molecule has 0 atom stereocenters. The van der Waals surface area contributed by atoms with E-state index in [4.69, 9.17) is 39.8 Å². The second-order valence-electron chi connectivity index (χ2n) is 6.20. The van der Waals surface area contributed by atoms with Gasteiger partial charge in [0.1, 0.15) is 11.5 Å². The maximum absolute atomic E-state index is 12.8. The summed E-state index contributed by atoms with van der Waals surface area (Å²) in [7, 11) is 0. The van der Waals surface area contributed by atoms with Gasteiger partial charge in [-0.05, 0) is 54.6 Å². The van der Waals surface area contributed by atoms with Crippen LogP contribution in [-0.4, -0.2) is 21.3 Å². The summed E-state index contributed by atoms with van der Waals surface area (Å²) in [5, 5.41) is 10.1. The van der Waals surface area contributed by atoms with Gasteiger partial charge < -0.3 is 9.52 Å². The molecule has 0 radical (unpaired) electrons. The lowest BCUT2D eigenvalue weighted by molar-refractivity contribution is -0.113. The lowest BCUT2D eigenvalue weighted by Gasteiger charge is -2.14. The number of thioether (sulfide) groups is 1. The lowest BCUT2D eigenvalue weighted by atomic mass is 10.1. The molecular weight excluding hydrogens is 465 g/mol. The molecule has 9 heteroatoms. The van der Waals surface area contributed by atoms with E-state index in [9.17, 15) is 14.7 Å². The van der Waals surface area contributed by atoms with Crippen LogP contribution in [0.15, 0.2) is 63.9 Å². The zero-order chi connectivity index (χ0) is 21.4. The molecule has 30 heavy (non-hydrogen) atoms. The van der Waals surface area contributed by atoms with Crippen molar-refractivity contribution in [3.8, 4) is 11.3 Å². The number of benzene rings is 2. The first-order valence-corrected chi connectivity index (χ1v) is 10.5. The Balaban J connectivity index is 1.63. The molecule has 1 fully saturated rings. The zero-order valence-corrected chi connectivity index (χ0v) is 18.1. The van der Waals surface area contributed by atoms with Crippen LogP contribution in [0.25, 0.3) is 17.4 Å². The van der Waals surface area contributed by atoms with Crippen LogP contribution in [0.5, 0.6) is 0 Å². The number of rotatable bonds is 4. The van der Waals surface area contributed by atoms with Crippen molar-refractivity contribution in [2.24, 2.45) is 0 Å². The Kier molecular flexibility index (Phi) is 5.71. The number of halogens is 2. The van der Waals surface area contributed by atoms with Crippen molar-refractivity contribution < 1.29 is 19.1 Å². The van der Waals surface area contributed by atoms with Crippen LogP contribution in [0, 0.1) is 0 Å². The molecular formula is C21H11Cl2NO4S2. The van der Waals surface area contributed by atoms with Crippen LogP contribution in [-0.2, 0) is 4.79 Å². The van der Waals surface area contributed by atoms with Gasteiger partial charge >= 0.3 is 5.97 Å². The van der Waals surface area contributed by atoms with Crippen LogP contribution >= 0.6 is 47.2 Å². The summed E-state index contributed by atoms with van der Waals surface area (Å²) in [5.41, 5.74) is 1.17. The molecule has 0 spiro atoms. The molecule has 4 rings (SSSR count). The van der Waals surface area contributed by atoms with Gasteiger partial charge in [0, 0.05) is 16.7 Å². The Morgan fingerprint density at radius 3 is 2.53 bits per heavy atom. The van der Waals surface area contributed by atoms with Crippen molar-refractivity contribution in [2.45, 2.75) is 0 Å². The third kappa shape index (κ3) is 4.02. The van der Waals surface area contributed by atoms with E-state index in [0.29, 0.717) is 42.0 Å². The quantitative estimate of drug-likeness (QED) is 0.349. The van der Waals surface area contributed by atoms with E-state index >= 15 is 0 Å². The van der Waals surface area contributed by atoms with Gasteiger partial charge in [0.25, 0.3) is 5.91 Å². The number of amides is 1. The first-order chi connectivity index (χ1) is 14.3. The summed E-state index contributed by atoms with van der Waals surface area (Å²) in [6.45, 7) is 0. The van der Waals surface area contributed by atoms with Crippen LogP contribution in [0.2, 0.25) is 10.0 Å². The van der Waals surface area contributed by atoms with Crippen LogP contribution in [0.3, 0.4) is 0 Å². The van der Waals surface area contributed by atoms with Gasteiger partial charge in [0.2, 0.25) is 0 Å². The number of carboxylic acid groups (broad SMARTS) is 1. The Labute approximate surface area is 190 Å². The molecule has 1 aromatic heterocycles. The normalized spacial score (nSPS) is 15.3. The van der Waals surface area contributed by atoms with Crippen LogP contribution in [0.4, 0.5) is 5.69 Å². The number of aromatic carboxylic acids is 1. The summed E-state index contributed by atoms with van der Waals surface area (Å²) < 4.78 is 6.19. The first kappa shape index (κ1) is 20.7. The highest BCUT2D eigenvalue weighted by molar-refractivity contribution is 8.27. The van der Waals surface area contributed by atoms with Gasteiger partial charge in [-0.2, -0.15) is 0 Å². The Hall–Kier alpha value is -2.58. The molecule has 1 N–H and O–H groups in total. The molecule has 2 heterocycles. The van der Waals surface area contributed by atoms with Crippen LogP contribution < -0.4 is 4.90 Å². The minimum Gasteiger partial charge on any atom is -0.478 e. The standard InChI is InChI=1S/C21H11Cl2NO4S2/c22-12-2-4-13(5-3-12)24-19(25)18(30-21(24)29)10-14-6-8-17(28-14)15-9-11(20(26)27)1-7-16(15)23/h1-10H,(H,26,27)/b18-10+. The number of hydrogen-bond donors (Lipinski definition) is 1. The fourth-order valence-corrected chi connectivity index (χ4v) is 4.45. The van der Waals surface area contributed by atoms with E-state index in [-0.39, 0.29) is 11.5 Å². The number of carboxylic acids is 1. The molecule has 0 unspecified atom stereocenters. The van der Waals surface area contributed by atoms with E-state index in [2.05, 4.69) is 0 Å². The van der Waals surface area contributed by atoms with Crippen molar-refractivity contribution in [3.63, 3.8) is 0 Å². The minimum absolute atomic E-state index is 0.0937. The number of carbonyl (C=O) groups excluding carboxylic acids is 1. The maximum Gasteiger partial charge on any atom is 0.335 e. The van der Waals surface area contributed by atoms with E-state index < -0.39 is 5.97 Å². The highest BCUT2D eigenvalue weighted by Gasteiger charge is 2.33. The molecule has 150 valence electrons. The van der Waals surface area contributed by atoms with Crippen molar-refractivity contribution in [2.75, 3.05) is 4.90 Å². The second-order valence-corrected chi connectivity index (χ2v) is 8.71. The molecule has 1 aliphatic heterocycles.